The summed E-state index contributed by atoms with van der Waals surface area (Å²) in [7, 11) is 0. The molecule has 4 heteroatoms. The number of carbonyl (C=O) groups excluding carboxylic acids is 2. The molecule has 1 aliphatic rings. The van der Waals surface area contributed by atoms with Crippen LogP contribution in [-0.4, -0.2) is 18.0 Å². The molecule has 1 atom stereocenters. The number of amides is 1. The van der Waals surface area contributed by atoms with Crippen molar-refractivity contribution >= 4 is 17.6 Å². The Kier molecular flexibility index (Phi) is 4.34. The van der Waals surface area contributed by atoms with Crippen LogP contribution < -0.4 is 5.32 Å². The summed E-state index contributed by atoms with van der Waals surface area (Å²) in [4.78, 5) is 23.6. The van der Waals surface area contributed by atoms with E-state index in [1.807, 2.05) is 24.3 Å². The first kappa shape index (κ1) is 13.3. The lowest BCUT2D eigenvalue weighted by Gasteiger charge is -2.13. The van der Waals surface area contributed by atoms with Crippen molar-refractivity contribution < 1.29 is 14.3 Å². The lowest BCUT2D eigenvalue weighted by Crippen LogP contribution is -2.30. The zero-order valence-electron chi connectivity index (χ0n) is 10.9. The monoisotopic (exact) mass is 259 g/mol. The summed E-state index contributed by atoms with van der Waals surface area (Å²) in [5.74, 6) is -0.702. The van der Waals surface area contributed by atoms with Crippen LogP contribution in [-0.2, 0) is 14.3 Å². The number of hydrogen-bond donors (Lipinski definition) is 1. The van der Waals surface area contributed by atoms with E-state index in [1.54, 1.807) is 19.1 Å². The van der Waals surface area contributed by atoms with Crippen LogP contribution in [0.1, 0.15) is 26.2 Å². The molecule has 1 amide bonds. The Bertz CT molecular complexity index is 493. The molecule has 1 aromatic carbocycles. The molecule has 4 nitrogen and oxygen atoms in total. The summed E-state index contributed by atoms with van der Waals surface area (Å²) >= 11 is 0. The molecule has 0 saturated heterocycles. The molecule has 0 aromatic heterocycles. The summed E-state index contributed by atoms with van der Waals surface area (Å²) in [6, 6.07) is 9.09. The van der Waals surface area contributed by atoms with Gasteiger partial charge in [-0.15, -0.1) is 0 Å². The number of rotatable bonds is 4. The van der Waals surface area contributed by atoms with Crippen LogP contribution in [0, 0.1) is 0 Å². The molecule has 0 heterocycles. The number of allylic oxidation sites excluding steroid dienone is 1. The van der Waals surface area contributed by atoms with Gasteiger partial charge in [-0.2, -0.15) is 0 Å². The Hall–Kier alpha value is -2.10. The van der Waals surface area contributed by atoms with Gasteiger partial charge in [0.05, 0.1) is 0 Å². The normalized spacial score (nSPS) is 15.5. The van der Waals surface area contributed by atoms with Crippen molar-refractivity contribution in [2.45, 2.75) is 32.3 Å². The van der Waals surface area contributed by atoms with E-state index in [0.29, 0.717) is 11.3 Å². The number of benzene rings is 1. The van der Waals surface area contributed by atoms with Crippen LogP contribution in [0.25, 0.3) is 0 Å². The van der Waals surface area contributed by atoms with Crippen LogP contribution in [0.15, 0.2) is 42.0 Å². The molecular formula is C15H17NO3. The van der Waals surface area contributed by atoms with E-state index in [9.17, 15) is 9.59 Å². The van der Waals surface area contributed by atoms with Crippen LogP contribution >= 0.6 is 0 Å². The minimum absolute atomic E-state index is 0.321. The van der Waals surface area contributed by atoms with Gasteiger partial charge in [0.1, 0.15) is 0 Å². The van der Waals surface area contributed by atoms with E-state index in [4.69, 9.17) is 4.74 Å². The molecule has 0 bridgehead atoms. The first-order valence-corrected chi connectivity index (χ1v) is 6.43. The van der Waals surface area contributed by atoms with Crippen molar-refractivity contribution in [2.75, 3.05) is 5.32 Å². The molecule has 1 aromatic rings. The third-order valence-corrected chi connectivity index (χ3v) is 3.00. The number of carbonyl (C=O) groups is 2. The van der Waals surface area contributed by atoms with Gasteiger partial charge in [0.2, 0.25) is 0 Å². The van der Waals surface area contributed by atoms with Gasteiger partial charge in [0.15, 0.2) is 6.10 Å². The van der Waals surface area contributed by atoms with Crippen molar-refractivity contribution in [3.05, 3.63) is 42.0 Å². The number of hydrogen-bond acceptors (Lipinski definition) is 3. The zero-order valence-corrected chi connectivity index (χ0v) is 10.9. The highest BCUT2D eigenvalue weighted by Gasteiger charge is 2.21. The Balaban J connectivity index is 1.87. The van der Waals surface area contributed by atoms with Gasteiger partial charge in [-0.1, -0.05) is 24.3 Å². The van der Waals surface area contributed by atoms with Crippen molar-refractivity contribution in [2.24, 2.45) is 0 Å². The van der Waals surface area contributed by atoms with Gasteiger partial charge in [-0.25, -0.2) is 4.79 Å². The number of anilines is 1. The second-order valence-electron chi connectivity index (χ2n) is 4.52. The summed E-state index contributed by atoms with van der Waals surface area (Å²) in [5, 5.41) is 2.70. The molecule has 0 spiro atoms. The lowest BCUT2D eigenvalue weighted by atomic mass is 10.2. The third-order valence-electron chi connectivity index (χ3n) is 3.00. The minimum atomic E-state index is -0.797. The quantitative estimate of drug-likeness (QED) is 0.846. The van der Waals surface area contributed by atoms with Crippen molar-refractivity contribution in [1.29, 1.82) is 0 Å². The highest BCUT2D eigenvalue weighted by molar-refractivity contribution is 5.97. The Morgan fingerprint density at radius 2 is 2.00 bits per heavy atom. The maximum Gasteiger partial charge on any atom is 0.334 e. The second-order valence-corrected chi connectivity index (χ2v) is 4.52. The molecule has 100 valence electrons. The van der Waals surface area contributed by atoms with Gasteiger partial charge >= 0.3 is 5.97 Å². The van der Waals surface area contributed by atoms with E-state index in [-0.39, 0.29) is 11.9 Å². The summed E-state index contributed by atoms with van der Waals surface area (Å²) < 4.78 is 5.15. The fourth-order valence-electron chi connectivity index (χ4n) is 1.91. The maximum atomic E-state index is 11.9. The van der Waals surface area contributed by atoms with Crippen LogP contribution in [0.4, 0.5) is 5.69 Å². The van der Waals surface area contributed by atoms with Gasteiger partial charge in [-0.3, -0.25) is 4.79 Å². The minimum Gasteiger partial charge on any atom is -0.449 e. The van der Waals surface area contributed by atoms with Gasteiger partial charge in [0.25, 0.3) is 5.91 Å². The number of para-hydroxylation sites is 1. The second kappa shape index (κ2) is 6.18. The highest BCUT2D eigenvalue weighted by atomic mass is 16.5. The highest BCUT2D eigenvalue weighted by Crippen LogP contribution is 2.19. The summed E-state index contributed by atoms with van der Waals surface area (Å²) in [6.45, 7) is 1.58. The van der Waals surface area contributed by atoms with Crippen molar-refractivity contribution in [3.8, 4) is 0 Å². The molecule has 0 saturated carbocycles. The van der Waals surface area contributed by atoms with Gasteiger partial charge in [-0.05, 0) is 38.3 Å². The SMILES string of the molecule is CC(OC(=O)C1=CCCC1)C(=O)Nc1ccccc1. The number of ether oxygens (including phenoxy) is 1. The Morgan fingerprint density at radius 3 is 2.63 bits per heavy atom. The first-order chi connectivity index (χ1) is 9.16. The number of esters is 1. The van der Waals surface area contributed by atoms with Crippen LogP contribution in [0.3, 0.4) is 0 Å². The summed E-state index contributed by atoms with van der Waals surface area (Å²) in [5.41, 5.74) is 1.37. The lowest BCUT2D eigenvalue weighted by molar-refractivity contribution is -0.149. The van der Waals surface area contributed by atoms with E-state index in [2.05, 4.69) is 5.32 Å². The van der Waals surface area contributed by atoms with Gasteiger partial charge < -0.3 is 10.1 Å². The van der Waals surface area contributed by atoms with Crippen molar-refractivity contribution in [1.82, 2.24) is 0 Å². The average Bonchev–Trinajstić information content (AvgIpc) is 2.93. The fourth-order valence-corrected chi connectivity index (χ4v) is 1.91. The Labute approximate surface area is 112 Å². The van der Waals surface area contributed by atoms with E-state index in [1.165, 1.54) is 0 Å². The van der Waals surface area contributed by atoms with E-state index < -0.39 is 6.10 Å². The van der Waals surface area contributed by atoms with E-state index >= 15 is 0 Å². The standard InChI is InChI=1S/C15H17NO3/c1-11(19-15(18)12-7-5-6-8-12)14(17)16-13-9-3-2-4-10-13/h2-4,7,9-11H,5-6,8H2,1H3,(H,16,17). The Morgan fingerprint density at radius 1 is 1.26 bits per heavy atom. The molecule has 19 heavy (non-hydrogen) atoms. The predicted octanol–water partition coefficient (Wildman–Crippen LogP) is 2.67. The molecule has 0 radical (unpaired) electrons. The maximum absolute atomic E-state index is 11.9. The smallest absolute Gasteiger partial charge is 0.334 e. The molecular weight excluding hydrogens is 242 g/mol. The van der Waals surface area contributed by atoms with Gasteiger partial charge in [0, 0.05) is 11.3 Å². The molecule has 2 rings (SSSR count). The molecule has 1 N–H and O–H groups in total. The van der Waals surface area contributed by atoms with E-state index in [0.717, 1.165) is 19.3 Å². The topological polar surface area (TPSA) is 55.4 Å². The molecule has 1 unspecified atom stereocenters. The summed E-state index contributed by atoms with van der Waals surface area (Å²) in [6.07, 6.45) is 3.72. The zero-order chi connectivity index (χ0) is 13.7. The first-order valence-electron chi connectivity index (χ1n) is 6.43. The fraction of sp³-hybridized carbons (Fsp3) is 0.333. The average molecular weight is 259 g/mol. The van der Waals surface area contributed by atoms with Crippen molar-refractivity contribution in [3.63, 3.8) is 0 Å². The third kappa shape index (κ3) is 3.68. The van der Waals surface area contributed by atoms with Crippen LogP contribution in [0.5, 0.6) is 0 Å². The van der Waals surface area contributed by atoms with Crippen LogP contribution in [0.2, 0.25) is 0 Å². The molecule has 0 aliphatic heterocycles. The number of nitrogens with one attached hydrogen (secondary N) is 1. The largest absolute Gasteiger partial charge is 0.449 e. The predicted molar refractivity (Wildman–Crippen MR) is 72.6 cm³/mol. The molecule has 0 fully saturated rings. The molecule has 1 aliphatic carbocycles.